The monoisotopic (exact) mass is 252 g/mol. The lowest BCUT2D eigenvalue weighted by Gasteiger charge is -2.30. The van der Waals surface area contributed by atoms with Crippen LogP contribution in [0.3, 0.4) is 0 Å². The van der Waals surface area contributed by atoms with Crippen LogP contribution in [0.25, 0.3) is 0 Å². The van der Waals surface area contributed by atoms with Crippen molar-refractivity contribution in [3.05, 3.63) is 0 Å². The van der Waals surface area contributed by atoms with Gasteiger partial charge < -0.3 is 10.2 Å². The molecule has 0 aromatic rings. The highest BCUT2D eigenvalue weighted by atomic mass is 16.2. The summed E-state index contributed by atoms with van der Waals surface area (Å²) >= 11 is 0. The molecule has 2 saturated heterocycles. The third-order valence-corrected chi connectivity index (χ3v) is 4.38. The second kappa shape index (κ2) is 6.05. The Hall–Kier alpha value is -0.570. The molecule has 2 aliphatic rings. The van der Waals surface area contributed by atoms with Gasteiger partial charge in [-0.25, -0.2) is 0 Å². The van der Waals surface area contributed by atoms with Crippen molar-refractivity contribution in [1.29, 1.82) is 0 Å². The minimum absolute atomic E-state index is 0.277. The Morgan fingerprint density at radius 2 is 2.17 bits per heavy atom. The molecule has 1 amide bonds. The maximum absolute atomic E-state index is 12.5. The zero-order chi connectivity index (χ0) is 13.1. The van der Waals surface area contributed by atoms with Crippen LogP contribution in [0, 0.1) is 17.8 Å². The van der Waals surface area contributed by atoms with E-state index in [2.05, 4.69) is 31.0 Å². The van der Waals surface area contributed by atoms with Gasteiger partial charge in [0, 0.05) is 25.0 Å². The highest BCUT2D eigenvalue weighted by Gasteiger charge is 2.32. The standard InChI is InChI=1S/C15H28N2O/c1-11(2)8-13-5-7-17(10-13)15(18)14-4-6-16-12(3)9-14/h11-14,16H,4-10H2,1-3H3/t12-,13?,14-/m0/s1. The number of piperidine rings is 1. The van der Waals surface area contributed by atoms with Crippen molar-refractivity contribution in [3.63, 3.8) is 0 Å². The van der Waals surface area contributed by atoms with Gasteiger partial charge in [0.15, 0.2) is 0 Å². The van der Waals surface area contributed by atoms with Gasteiger partial charge in [-0.15, -0.1) is 0 Å². The number of likely N-dealkylation sites (tertiary alicyclic amines) is 1. The van der Waals surface area contributed by atoms with Gasteiger partial charge in [0.25, 0.3) is 0 Å². The molecule has 18 heavy (non-hydrogen) atoms. The Morgan fingerprint density at radius 3 is 2.83 bits per heavy atom. The first-order valence-electron chi connectivity index (χ1n) is 7.58. The molecule has 2 rings (SSSR count). The first-order chi connectivity index (χ1) is 8.56. The van der Waals surface area contributed by atoms with Crippen LogP contribution >= 0.6 is 0 Å². The van der Waals surface area contributed by atoms with E-state index in [1.54, 1.807) is 0 Å². The zero-order valence-corrected chi connectivity index (χ0v) is 12.1. The van der Waals surface area contributed by atoms with Gasteiger partial charge in [-0.3, -0.25) is 4.79 Å². The fraction of sp³-hybridized carbons (Fsp3) is 0.933. The number of carbonyl (C=O) groups excluding carboxylic acids is 1. The van der Waals surface area contributed by atoms with E-state index < -0.39 is 0 Å². The average molecular weight is 252 g/mol. The van der Waals surface area contributed by atoms with Crippen LogP contribution < -0.4 is 5.32 Å². The molecule has 0 aromatic carbocycles. The van der Waals surface area contributed by atoms with Crippen molar-refractivity contribution >= 4 is 5.91 Å². The normalized spacial score (nSPS) is 33.1. The third kappa shape index (κ3) is 3.47. The predicted molar refractivity (Wildman–Crippen MR) is 74.3 cm³/mol. The topological polar surface area (TPSA) is 32.3 Å². The zero-order valence-electron chi connectivity index (χ0n) is 12.1. The van der Waals surface area contributed by atoms with E-state index in [1.165, 1.54) is 12.8 Å². The van der Waals surface area contributed by atoms with Crippen LogP contribution in [-0.2, 0) is 4.79 Å². The van der Waals surface area contributed by atoms with Gasteiger partial charge in [0.2, 0.25) is 5.91 Å². The van der Waals surface area contributed by atoms with E-state index in [-0.39, 0.29) is 5.92 Å². The molecule has 0 aromatic heterocycles. The van der Waals surface area contributed by atoms with E-state index in [0.29, 0.717) is 11.9 Å². The number of carbonyl (C=O) groups is 1. The van der Waals surface area contributed by atoms with Gasteiger partial charge in [-0.05, 0) is 51.0 Å². The predicted octanol–water partition coefficient (Wildman–Crippen LogP) is 2.27. The number of nitrogens with zero attached hydrogens (tertiary/aromatic N) is 1. The lowest BCUT2D eigenvalue weighted by molar-refractivity contribution is -0.135. The van der Waals surface area contributed by atoms with Crippen LogP contribution in [0.1, 0.15) is 46.5 Å². The second-order valence-electron chi connectivity index (χ2n) is 6.64. The van der Waals surface area contributed by atoms with Crippen molar-refractivity contribution in [2.24, 2.45) is 17.8 Å². The Labute approximate surface area is 111 Å². The highest BCUT2D eigenvalue weighted by molar-refractivity contribution is 5.79. The first kappa shape index (κ1) is 13.9. The van der Waals surface area contributed by atoms with E-state index in [0.717, 1.165) is 44.3 Å². The fourth-order valence-corrected chi connectivity index (χ4v) is 3.51. The molecule has 0 radical (unpaired) electrons. The molecule has 3 atom stereocenters. The third-order valence-electron chi connectivity index (χ3n) is 4.38. The summed E-state index contributed by atoms with van der Waals surface area (Å²) in [5, 5.41) is 3.42. The van der Waals surface area contributed by atoms with E-state index in [4.69, 9.17) is 0 Å². The minimum Gasteiger partial charge on any atom is -0.342 e. The molecule has 3 heteroatoms. The fourth-order valence-electron chi connectivity index (χ4n) is 3.51. The minimum atomic E-state index is 0.277. The van der Waals surface area contributed by atoms with Crippen molar-refractivity contribution in [2.75, 3.05) is 19.6 Å². The summed E-state index contributed by atoms with van der Waals surface area (Å²) < 4.78 is 0. The van der Waals surface area contributed by atoms with Gasteiger partial charge in [0.1, 0.15) is 0 Å². The molecule has 1 N–H and O–H groups in total. The SMILES string of the molecule is CC(C)CC1CCN(C(=O)[C@H]2CCN[C@@H](C)C2)C1. The molecular formula is C15H28N2O. The van der Waals surface area contributed by atoms with Gasteiger partial charge in [-0.1, -0.05) is 13.8 Å². The average Bonchev–Trinajstić information content (AvgIpc) is 2.75. The molecular weight excluding hydrogens is 224 g/mol. The smallest absolute Gasteiger partial charge is 0.225 e. The van der Waals surface area contributed by atoms with Crippen LogP contribution in [0.15, 0.2) is 0 Å². The summed E-state index contributed by atoms with van der Waals surface area (Å²) in [6, 6.07) is 0.502. The molecule has 0 saturated carbocycles. The molecule has 2 fully saturated rings. The highest BCUT2D eigenvalue weighted by Crippen LogP contribution is 2.27. The van der Waals surface area contributed by atoms with Crippen LogP contribution in [-0.4, -0.2) is 36.5 Å². The van der Waals surface area contributed by atoms with E-state index in [1.807, 2.05) is 0 Å². The van der Waals surface area contributed by atoms with Gasteiger partial charge >= 0.3 is 0 Å². The van der Waals surface area contributed by atoms with Gasteiger partial charge in [0.05, 0.1) is 0 Å². The van der Waals surface area contributed by atoms with Gasteiger partial charge in [-0.2, -0.15) is 0 Å². The molecule has 2 heterocycles. The van der Waals surface area contributed by atoms with Crippen molar-refractivity contribution < 1.29 is 4.79 Å². The molecule has 3 nitrogen and oxygen atoms in total. The number of amides is 1. The Bertz CT molecular complexity index is 290. The Kier molecular flexibility index (Phi) is 4.66. The van der Waals surface area contributed by atoms with Crippen LogP contribution in [0.5, 0.6) is 0 Å². The summed E-state index contributed by atoms with van der Waals surface area (Å²) in [6.45, 7) is 9.74. The molecule has 0 spiro atoms. The number of rotatable bonds is 3. The van der Waals surface area contributed by atoms with E-state index >= 15 is 0 Å². The molecule has 2 aliphatic heterocycles. The summed E-state index contributed by atoms with van der Waals surface area (Å²) in [4.78, 5) is 14.6. The maximum atomic E-state index is 12.5. The summed E-state index contributed by atoms with van der Waals surface area (Å²) in [6.07, 6.45) is 4.52. The quantitative estimate of drug-likeness (QED) is 0.835. The summed E-state index contributed by atoms with van der Waals surface area (Å²) in [5.74, 6) is 2.20. The summed E-state index contributed by atoms with van der Waals surface area (Å²) in [5.41, 5.74) is 0. The number of hydrogen-bond acceptors (Lipinski definition) is 2. The van der Waals surface area contributed by atoms with Crippen LogP contribution in [0.4, 0.5) is 0 Å². The molecule has 1 unspecified atom stereocenters. The lowest BCUT2D eigenvalue weighted by atomic mass is 9.92. The Balaban J connectivity index is 1.83. The largest absolute Gasteiger partial charge is 0.342 e. The summed E-state index contributed by atoms with van der Waals surface area (Å²) in [7, 11) is 0. The second-order valence-corrected chi connectivity index (χ2v) is 6.64. The number of hydrogen-bond donors (Lipinski definition) is 1. The van der Waals surface area contributed by atoms with E-state index in [9.17, 15) is 4.79 Å². The van der Waals surface area contributed by atoms with Crippen molar-refractivity contribution in [3.8, 4) is 0 Å². The number of nitrogens with one attached hydrogen (secondary N) is 1. The Morgan fingerprint density at radius 1 is 1.39 bits per heavy atom. The van der Waals surface area contributed by atoms with Crippen molar-refractivity contribution in [1.82, 2.24) is 10.2 Å². The molecule has 0 bridgehead atoms. The maximum Gasteiger partial charge on any atom is 0.225 e. The lowest BCUT2D eigenvalue weighted by Crippen LogP contribution is -2.43. The van der Waals surface area contributed by atoms with Crippen molar-refractivity contribution in [2.45, 2.75) is 52.5 Å². The molecule has 104 valence electrons. The van der Waals surface area contributed by atoms with Crippen LogP contribution in [0.2, 0.25) is 0 Å². The molecule has 0 aliphatic carbocycles. The first-order valence-corrected chi connectivity index (χ1v) is 7.58.